The molecule has 0 spiro atoms. The Labute approximate surface area is 89.1 Å². The van der Waals surface area contributed by atoms with Crippen molar-refractivity contribution >= 4 is 19.7 Å². The first-order chi connectivity index (χ1) is 6.79. The summed E-state index contributed by atoms with van der Waals surface area (Å²) in [7, 11) is 0.935. The van der Waals surface area contributed by atoms with Crippen LogP contribution in [0.1, 0.15) is 17.6 Å². The second-order valence-corrected chi connectivity index (χ2v) is 5.61. The minimum absolute atomic E-state index is 0.359. The van der Waals surface area contributed by atoms with Crippen LogP contribution in [0.3, 0.4) is 0 Å². The highest BCUT2D eigenvalue weighted by molar-refractivity contribution is 8.13. The van der Waals surface area contributed by atoms with Gasteiger partial charge in [-0.3, -0.25) is 0 Å². The van der Waals surface area contributed by atoms with E-state index in [2.05, 4.69) is 0 Å². The maximum absolute atomic E-state index is 13.0. The third kappa shape index (κ3) is 3.71. The van der Waals surface area contributed by atoms with Crippen molar-refractivity contribution in [3.05, 3.63) is 35.1 Å². The lowest BCUT2D eigenvalue weighted by Crippen LogP contribution is -1.99. The molecule has 1 aromatic carbocycles. The van der Waals surface area contributed by atoms with Crippen LogP contribution in [0, 0.1) is 5.82 Å². The van der Waals surface area contributed by atoms with Gasteiger partial charge in [-0.15, -0.1) is 0 Å². The molecule has 0 bridgehead atoms. The van der Waals surface area contributed by atoms with Gasteiger partial charge in [0, 0.05) is 21.8 Å². The first-order valence-corrected chi connectivity index (χ1v) is 6.26. The van der Waals surface area contributed by atoms with Crippen LogP contribution >= 0.6 is 10.7 Å². The first kappa shape index (κ1) is 12.3. The molecule has 0 aliphatic rings. The van der Waals surface area contributed by atoms with E-state index in [0.29, 0.717) is 0 Å². The molecule has 0 radical (unpaired) electrons. The Kier molecular flexibility index (Phi) is 3.62. The van der Waals surface area contributed by atoms with E-state index in [-0.39, 0.29) is 5.56 Å². The van der Waals surface area contributed by atoms with Gasteiger partial charge in [-0.25, -0.2) is 21.6 Å². The predicted octanol–water partition coefficient (Wildman–Crippen LogP) is 2.83. The Bertz CT molecular complexity index is 459. The normalized spacial score (nSPS) is 12.1. The monoisotopic (exact) mass is 258 g/mol. The molecule has 7 heteroatoms. The summed E-state index contributed by atoms with van der Waals surface area (Å²) in [6.45, 7) is 0. The highest BCUT2D eigenvalue weighted by atomic mass is 35.7. The van der Waals surface area contributed by atoms with Gasteiger partial charge in [0.2, 0.25) is 9.05 Å². The van der Waals surface area contributed by atoms with Crippen LogP contribution in [0.15, 0.2) is 18.2 Å². The van der Waals surface area contributed by atoms with Crippen molar-refractivity contribution in [2.75, 3.05) is 0 Å². The minimum atomic E-state index is -3.95. The van der Waals surface area contributed by atoms with Crippen LogP contribution in [0.4, 0.5) is 13.2 Å². The van der Waals surface area contributed by atoms with Crippen molar-refractivity contribution in [1.82, 2.24) is 0 Å². The first-order valence-electron chi connectivity index (χ1n) is 3.78. The van der Waals surface area contributed by atoms with Gasteiger partial charge in [-0.2, -0.15) is 0 Å². The molecule has 0 heterocycles. The second kappa shape index (κ2) is 4.40. The Hall–Kier alpha value is -0.750. The van der Waals surface area contributed by atoms with Gasteiger partial charge < -0.3 is 0 Å². The van der Waals surface area contributed by atoms with Crippen molar-refractivity contribution < 1.29 is 21.6 Å². The van der Waals surface area contributed by atoms with Crippen molar-refractivity contribution in [3.8, 4) is 0 Å². The zero-order chi connectivity index (χ0) is 11.6. The summed E-state index contributed by atoms with van der Waals surface area (Å²) in [5.74, 6) is -1.68. The second-order valence-electron chi connectivity index (χ2n) is 2.83. The summed E-state index contributed by atoms with van der Waals surface area (Å²) in [5, 5.41) is 0. The van der Waals surface area contributed by atoms with Gasteiger partial charge in [0.25, 0.3) is 6.43 Å². The Balaban J connectivity index is 3.11. The number of rotatable bonds is 3. The third-order valence-corrected chi connectivity index (χ3v) is 2.63. The maximum atomic E-state index is 13.0. The third-order valence-electron chi connectivity index (χ3n) is 1.65. The van der Waals surface area contributed by atoms with E-state index < -0.39 is 32.6 Å². The fourth-order valence-electron chi connectivity index (χ4n) is 1.03. The summed E-state index contributed by atoms with van der Waals surface area (Å²) in [6.07, 6.45) is -2.78. The molecular weight excluding hydrogens is 253 g/mol. The predicted molar refractivity (Wildman–Crippen MR) is 49.8 cm³/mol. The van der Waals surface area contributed by atoms with Crippen LogP contribution in [0.2, 0.25) is 0 Å². The van der Waals surface area contributed by atoms with E-state index in [9.17, 15) is 21.6 Å². The summed E-state index contributed by atoms with van der Waals surface area (Å²) >= 11 is 0. The van der Waals surface area contributed by atoms with Crippen LogP contribution in [-0.2, 0) is 14.8 Å². The average Bonchev–Trinajstić information content (AvgIpc) is 2.06. The fraction of sp³-hybridized carbons (Fsp3) is 0.250. The van der Waals surface area contributed by atoms with E-state index in [0.717, 1.165) is 18.2 Å². The minimum Gasteiger partial charge on any atom is -0.212 e. The standard InChI is InChI=1S/C8H6ClF3O2S/c9-15(13,14)4-6-3-5(8(11)12)1-2-7(6)10/h1-3,8H,4H2. The topological polar surface area (TPSA) is 34.1 Å². The van der Waals surface area contributed by atoms with Crippen LogP contribution in [0.25, 0.3) is 0 Å². The lowest BCUT2D eigenvalue weighted by atomic mass is 10.1. The number of benzene rings is 1. The van der Waals surface area contributed by atoms with E-state index in [1.807, 2.05) is 0 Å². The molecule has 1 rings (SSSR count). The Morgan fingerprint density at radius 1 is 1.33 bits per heavy atom. The number of alkyl halides is 2. The molecule has 0 saturated heterocycles. The molecule has 0 amide bonds. The lowest BCUT2D eigenvalue weighted by molar-refractivity contribution is 0.151. The largest absolute Gasteiger partial charge is 0.263 e. The molecule has 0 aliphatic carbocycles. The smallest absolute Gasteiger partial charge is 0.212 e. The van der Waals surface area contributed by atoms with Crippen molar-refractivity contribution in [2.24, 2.45) is 0 Å². The lowest BCUT2D eigenvalue weighted by Gasteiger charge is -2.04. The van der Waals surface area contributed by atoms with Crippen LogP contribution in [0.5, 0.6) is 0 Å². The van der Waals surface area contributed by atoms with Gasteiger partial charge in [0.05, 0.1) is 5.75 Å². The van der Waals surface area contributed by atoms with Crippen LogP contribution < -0.4 is 0 Å². The summed E-state index contributed by atoms with van der Waals surface area (Å²) in [4.78, 5) is 0. The highest BCUT2D eigenvalue weighted by Crippen LogP contribution is 2.23. The fourth-order valence-corrected chi connectivity index (χ4v) is 1.97. The SMILES string of the molecule is O=S(=O)(Cl)Cc1cc(C(F)F)ccc1F. The van der Waals surface area contributed by atoms with E-state index >= 15 is 0 Å². The molecule has 0 unspecified atom stereocenters. The molecule has 1 aromatic rings. The molecule has 2 nitrogen and oxygen atoms in total. The van der Waals surface area contributed by atoms with E-state index in [1.165, 1.54) is 0 Å². The molecule has 0 aromatic heterocycles. The van der Waals surface area contributed by atoms with E-state index in [4.69, 9.17) is 10.7 Å². The molecule has 84 valence electrons. The summed E-state index contributed by atoms with van der Waals surface area (Å²) in [5.41, 5.74) is -0.797. The maximum Gasteiger partial charge on any atom is 0.263 e. The zero-order valence-corrected chi connectivity index (χ0v) is 8.83. The quantitative estimate of drug-likeness (QED) is 0.782. The van der Waals surface area contributed by atoms with E-state index in [1.54, 1.807) is 0 Å². The molecule has 15 heavy (non-hydrogen) atoms. The van der Waals surface area contributed by atoms with Gasteiger partial charge in [0.1, 0.15) is 5.82 Å². The number of hydrogen-bond acceptors (Lipinski definition) is 2. The summed E-state index contributed by atoms with van der Waals surface area (Å²) in [6, 6.07) is 2.48. The number of hydrogen-bond donors (Lipinski definition) is 0. The van der Waals surface area contributed by atoms with Crippen LogP contribution in [-0.4, -0.2) is 8.42 Å². The molecule has 0 fully saturated rings. The van der Waals surface area contributed by atoms with Gasteiger partial charge in [-0.05, 0) is 12.1 Å². The molecular formula is C8H6ClF3O2S. The van der Waals surface area contributed by atoms with Crippen molar-refractivity contribution in [3.63, 3.8) is 0 Å². The molecule has 0 N–H and O–H groups in total. The zero-order valence-electron chi connectivity index (χ0n) is 7.25. The molecule has 0 aliphatic heterocycles. The van der Waals surface area contributed by atoms with Crippen molar-refractivity contribution in [1.29, 1.82) is 0 Å². The molecule has 0 atom stereocenters. The number of halogens is 4. The summed E-state index contributed by atoms with van der Waals surface area (Å²) < 4.78 is 58.7. The Morgan fingerprint density at radius 2 is 1.93 bits per heavy atom. The van der Waals surface area contributed by atoms with Gasteiger partial charge in [0.15, 0.2) is 0 Å². The Morgan fingerprint density at radius 3 is 2.40 bits per heavy atom. The van der Waals surface area contributed by atoms with Crippen molar-refractivity contribution in [2.45, 2.75) is 12.2 Å². The van der Waals surface area contributed by atoms with Gasteiger partial charge >= 0.3 is 0 Å². The molecule has 0 saturated carbocycles. The average molecular weight is 259 g/mol. The van der Waals surface area contributed by atoms with Gasteiger partial charge in [-0.1, -0.05) is 6.07 Å². The highest BCUT2D eigenvalue weighted by Gasteiger charge is 2.15.